The minimum absolute atomic E-state index is 0.565. The Morgan fingerprint density at radius 2 is 1.02 bits per heavy atom. The third kappa shape index (κ3) is 5.76. The molecule has 0 saturated carbocycles. The van der Waals surface area contributed by atoms with E-state index < -0.39 is 0 Å². The third-order valence-corrected chi connectivity index (χ3v) is 13.0. The van der Waals surface area contributed by atoms with Crippen LogP contribution < -0.4 is 0 Å². The van der Waals surface area contributed by atoms with Gasteiger partial charge in [0.15, 0.2) is 23.3 Å². The Balaban J connectivity index is 0.996. The lowest BCUT2D eigenvalue weighted by Gasteiger charge is -2.11. The fourth-order valence-corrected chi connectivity index (χ4v) is 10.1. The lowest BCUT2D eigenvalue weighted by molar-refractivity contribution is 0.669. The highest BCUT2D eigenvalue weighted by molar-refractivity contribution is 7.26. The second kappa shape index (κ2) is 14.1. The number of benzene rings is 8. The summed E-state index contributed by atoms with van der Waals surface area (Å²) in [6.07, 6.45) is 0. The van der Waals surface area contributed by atoms with Crippen molar-refractivity contribution in [3.63, 3.8) is 0 Å². The van der Waals surface area contributed by atoms with Gasteiger partial charge in [-0.2, -0.15) is 0 Å². The first-order valence-corrected chi connectivity index (χ1v) is 21.6. The van der Waals surface area contributed by atoms with Gasteiger partial charge in [0.2, 0.25) is 0 Å². The van der Waals surface area contributed by atoms with Crippen LogP contribution in [0.25, 0.3) is 127 Å². The van der Waals surface area contributed by atoms with Gasteiger partial charge in [0, 0.05) is 65.1 Å². The summed E-state index contributed by atoms with van der Waals surface area (Å²) in [4.78, 5) is 25.9. The molecule has 13 aromatic rings. The van der Waals surface area contributed by atoms with E-state index in [1.165, 1.54) is 10.1 Å². The summed E-state index contributed by atoms with van der Waals surface area (Å²) in [6, 6.07) is 66.8. The van der Waals surface area contributed by atoms with Crippen molar-refractivity contribution in [3.05, 3.63) is 194 Å². The number of para-hydroxylation sites is 2. The lowest BCUT2D eigenvalue weighted by Crippen LogP contribution is -2.00. The molecular formula is C55H32N6OS. The van der Waals surface area contributed by atoms with Crippen molar-refractivity contribution in [2.75, 3.05) is 0 Å². The number of furan rings is 1. The van der Waals surface area contributed by atoms with Gasteiger partial charge in [0.25, 0.3) is 0 Å². The molecule has 294 valence electrons. The highest BCUT2D eigenvalue weighted by Gasteiger charge is 2.22. The fourth-order valence-electron chi connectivity index (χ4n) is 8.97. The van der Waals surface area contributed by atoms with Gasteiger partial charge in [-0.1, -0.05) is 146 Å². The molecule has 0 unspecified atom stereocenters. The van der Waals surface area contributed by atoms with Gasteiger partial charge < -0.3 is 8.98 Å². The molecule has 0 spiro atoms. The van der Waals surface area contributed by atoms with E-state index in [1.807, 2.05) is 66.7 Å². The number of hydrogen-bond donors (Lipinski definition) is 0. The molecule has 0 aliphatic rings. The molecule has 0 bridgehead atoms. The smallest absolute Gasteiger partial charge is 0.164 e. The maximum Gasteiger partial charge on any atom is 0.164 e. The zero-order valence-electron chi connectivity index (χ0n) is 33.5. The van der Waals surface area contributed by atoms with Crippen molar-refractivity contribution in [3.8, 4) is 62.5 Å². The van der Waals surface area contributed by atoms with E-state index in [2.05, 4.69) is 132 Å². The molecule has 5 heterocycles. The minimum Gasteiger partial charge on any atom is -0.456 e. The van der Waals surface area contributed by atoms with Gasteiger partial charge in [-0.3, -0.25) is 0 Å². The van der Waals surface area contributed by atoms with E-state index in [0.29, 0.717) is 23.3 Å². The fraction of sp³-hybridized carbons (Fsp3) is 0. The molecule has 7 nitrogen and oxygen atoms in total. The maximum atomic E-state index is 6.71. The molecule has 0 atom stereocenters. The van der Waals surface area contributed by atoms with E-state index >= 15 is 0 Å². The number of aromatic nitrogens is 6. The maximum absolute atomic E-state index is 6.71. The average Bonchev–Trinajstić information content (AvgIpc) is 4.03. The standard InChI is InChI=1S/C55H32N6OS/c1-4-15-33(16-5-1)52-56-49(51-50(57-52)41-22-11-13-26-47(41)63-51)35-27-30-40-46(32-35)62-45-25-14-23-42(48(40)45)55-59-53(34-17-6-2-7-18-34)58-54(60-55)36-28-29-39-38-21-10-12-24-43(38)61(44(39)31-36)37-19-8-3-9-20-37/h1-32H. The molecule has 0 N–H and O–H groups in total. The average molecular weight is 825 g/mol. The van der Waals surface area contributed by atoms with Crippen LogP contribution in [0.5, 0.6) is 0 Å². The molecule has 0 saturated heterocycles. The Kier molecular flexibility index (Phi) is 7.94. The van der Waals surface area contributed by atoms with Crippen LogP contribution in [0.3, 0.4) is 0 Å². The summed E-state index contributed by atoms with van der Waals surface area (Å²) in [6.45, 7) is 0. The Morgan fingerprint density at radius 3 is 1.81 bits per heavy atom. The van der Waals surface area contributed by atoms with E-state index in [-0.39, 0.29) is 0 Å². The molecule has 8 aromatic carbocycles. The van der Waals surface area contributed by atoms with Crippen molar-refractivity contribution in [2.24, 2.45) is 0 Å². The summed E-state index contributed by atoms with van der Waals surface area (Å²) in [5.41, 5.74) is 11.2. The van der Waals surface area contributed by atoms with Gasteiger partial charge in [0.05, 0.1) is 26.9 Å². The van der Waals surface area contributed by atoms with Crippen LogP contribution in [-0.4, -0.2) is 29.5 Å². The highest BCUT2D eigenvalue weighted by atomic mass is 32.1. The van der Waals surface area contributed by atoms with Crippen LogP contribution in [-0.2, 0) is 0 Å². The predicted molar refractivity (Wildman–Crippen MR) is 257 cm³/mol. The monoisotopic (exact) mass is 824 g/mol. The summed E-state index contributed by atoms with van der Waals surface area (Å²) >= 11 is 1.72. The van der Waals surface area contributed by atoms with Crippen molar-refractivity contribution in [1.82, 2.24) is 29.5 Å². The highest BCUT2D eigenvalue weighted by Crippen LogP contribution is 2.43. The SMILES string of the molecule is c1ccc(-c2nc(-c3ccc4c5ccccc5n(-c5ccccc5)c4c3)nc(-c3cccc4oc5cc(-c6nc(-c7ccccc7)nc7c6sc6ccccc67)ccc5c34)n2)cc1. The molecule has 0 aliphatic carbocycles. The number of hydrogen-bond acceptors (Lipinski definition) is 7. The van der Waals surface area contributed by atoms with E-state index in [9.17, 15) is 0 Å². The minimum atomic E-state index is 0.565. The van der Waals surface area contributed by atoms with Crippen LogP contribution in [0.15, 0.2) is 199 Å². The zero-order valence-corrected chi connectivity index (χ0v) is 34.3. The number of thiophene rings is 1. The van der Waals surface area contributed by atoms with Gasteiger partial charge in [-0.25, -0.2) is 24.9 Å². The van der Waals surface area contributed by atoms with Crippen molar-refractivity contribution in [2.45, 2.75) is 0 Å². The topological polar surface area (TPSA) is 82.5 Å². The molecule has 0 aliphatic heterocycles. The number of fused-ring (bicyclic) bond motifs is 9. The van der Waals surface area contributed by atoms with Crippen molar-refractivity contribution in [1.29, 1.82) is 0 Å². The van der Waals surface area contributed by atoms with E-state index in [1.54, 1.807) is 11.3 Å². The Bertz CT molecular complexity index is 3910. The predicted octanol–water partition coefficient (Wildman–Crippen LogP) is 14.4. The summed E-state index contributed by atoms with van der Waals surface area (Å²) in [5.74, 6) is 2.43. The van der Waals surface area contributed by atoms with Crippen LogP contribution in [0.4, 0.5) is 0 Å². The van der Waals surface area contributed by atoms with E-state index in [0.717, 1.165) is 93.2 Å². The first-order valence-electron chi connectivity index (χ1n) is 20.8. The van der Waals surface area contributed by atoms with Crippen molar-refractivity contribution >= 4 is 75.4 Å². The molecule has 0 amide bonds. The zero-order chi connectivity index (χ0) is 41.4. The largest absolute Gasteiger partial charge is 0.456 e. The first kappa shape index (κ1) is 35.4. The molecule has 8 heteroatoms. The van der Waals surface area contributed by atoms with E-state index in [4.69, 9.17) is 29.3 Å². The molecule has 63 heavy (non-hydrogen) atoms. The molecule has 13 rings (SSSR count). The molecular weight excluding hydrogens is 793 g/mol. The number of nitrogens with zero attached hydrogens (tertiary/aromatic N) is 6. The molecule has 0 radical (unpaired) electrons. The van der Waals surface area contributed by atoms with Gasteiger partial charge >= 0.3 is 0 Å². The lowest BCUT2D eigenvalue weighted by atomic mass is 10.0. The Morgan fingerprint density at radius 1 is 0.397 bits per heavy atom. The third-order valence-electron chi connectivity index (χ3n) is 11.9. The second-order valence-corrected chi connectivity index (χ2v) is 16.7. The Hall–Kier alpha value is -8.33. The van der Waals surface area contributed by atoms with Gasteiger partial charge in [-0.05, 0) is 48.5 Å². The van der Waals surface area contributed by atoms with Gasteiger partial charge in [-0.15, -0.1) is 11.3 Å². The van der Waals surface area contributed by atoms with Crippen molar-refractivity contribution < 1.29 is 4.42 Å². The normalized spacial score (nSPS) is 11.8. The first-order chi connectivity index (χ1) is 31.2. The summed E-state index contributed by atoms with van der Waals surface area (Å²) in [7, 11) is 0. The van der Waals surface area contributed by atoms with Crippen LogP contribution in [0.1, 0.15) is 0 Å². The summed E-state index contributed by atoms with van der Waals surface area (Å²) in [5, 5.41) is 5.38. The molecule has 0 fully saturated rings. The molecule has 5 aromatic heterocycles. The second-order valence-electron chi connectivity index (χ2n) is 15.6. The number of rotatable bonds is 6. The van der Waals surface area contributed by atoms with Gasteiger partial charge in [0.1, 0.15) is 11.2 Å². The van der Waals surface area contributed by atoms with Crippen LogP contribution in [0.2, 0.25) is 0 Å². The Labute approximate surface area is 364 Å². The quantitative estimate of drug-likeness (QED) is 0.166. The summed E-state index contributed by atoms with van der Waals surface area (Å²) < 4.78 is 11.2. The van der Waals surface area contributed by atoms with Crippen LogP contribution >= 0.6 is 11.3 Å². The van der Waals surface area contributed by atoms with Crippen LogP contribution in [0, 0.1) is 0 Å².